The van der Waals surface area contributed by atoms with Gasteiger partial charge in [0.2, 0.25) is 0 Å². The maximum atomic E-state index is 3.73. The van der Waals surface area contributed by atoms with Crippen molar-refractivity contribution in [2.45, 2.75) is 71.1 Å². The summed E-state index contributed by atoms with van der Waals surface area (Å²) in [4.78, 5) is 0. The molecule has 1 fully saturated rings. The molecule has 2 rings (SSSR count). The molecule has 0 aromatic heterocycles. The van der Waals surface area contributed by atoms with Gasteiger partial charge in [-0.15, -0.1) is 0 Å². The van der Waals surface area contributed by atoms with Crippen LogP contribution < -0.4 is 10.6 Å². The van der Waals surface area contributed by atoms with Gasteiger partial charge in [-0.05, 0) is 53.0 Å². The number of benzene rings is 1. The van der Waals surface area contributed by atoms with E-state index in [1.54, 1.807) is 0 Å². The highest BCUT2D eigenvalue weighted by Crippen LogP contribution is 2.28. The second kappa shape index (κ2) is 5.26. The molecule has 1 aliphatic rings. The summed E-state index contributed by atoms with van der Waals surface area (Å²) >= 11 is 0. The van der Waals surface area contributed by atoms with E-state index in [9.17, 15) is 0 Å². The van der Waals surface area contributed by atoms with Gasteiger partial charge in [0.15, 0.2) is 0 Å². The van der Waals surface area contributed by atoms with Crippen LogP contribution in [0.1, 0.15) is 51.7 Å². The predicted octanol–water partition coefficient (Wildman–Crippen LogP) is 3.39. The van der Waals surface area contributed by atoms with Crippen molar-refractivity contribution in [2.75, 3.05) is 0 Å². The highest BCUT2D eigenvalue weighted by molar-refractivity contribution is 5.21. The van der Waals surface area contributed by atoms with Gasteiger partial charge in [0.25, 0.3) is 0 Å². The Labute approximate surface area is 118 Å². The smallest absolute Gasteiger partial charge is 0.0208 e. The van der Waals surface area contributed by atoms with E-state index in [0.29, 0.717) is 6.04 Å². The lowest BCUT2D eigenvalue weighted by Crippen LogP contribution is -2.61. The fourth-order valence-electron chi connectivity index (χ4n) is 3.43. The van der Waals surface area contributed by atoms with E-state index in [0.717, 1.165) is 6.54 Å². The average molecular weight is 260 g/mol. The summed E-state index contributed by atoms with van der Waals surface area (Å²) in [6, 6.07) is 9.41. The fraction of sp³-hybridized carbons (Fsp3) is 0.647. The number of piperidine rings is 1. The van der Waals surface area contributed by atoms with Crippen molar-refractivity contribution in [3.63, 3.8) is 0 Å². The van der Waals surface area contributed by atoms with Crippen LogP contribution in [0.2, 0.25) is 0 Å². The largest absolute Gasteiger partial charge is 0.310 e. The van der Waals surface area contributed by atoms with Crippen LogP contribution in [0.4, 0.5) is 0 Å². The lowest BCUT2D eigenvalue weighted by Gasteiger charge is -2.46. The molecule has 0 saturated carbocycles. The van der Waals surface area contributed by atoms with Gasteiger partial charge in [0.05, 0.1) is 0 Å². The Balaban J connectivity index is 1.93. The van der Waals surface area contributed by atoms with Crippen LogP contribution in [-0.2, 0) is 6.54 Å². The summed E-state index contributed by atoms with van der Waals surface area (Å²) in [7, 11) is 0. The van der Waals surface area contributed by atoms with Gasteiger partial charge in [-0.25, -0.2) is 0 Å². The van der Waals surface area contributed by atoms with Crippen LogP contribution in [0.25, 0.3) is 0 Å². The van der Waals surface area contributed by atoms with E-state index >= 15 is 0 Å². The minimum atomic E-state index is 0.215. The zero-order valence-electron chi connectivity index (χ0n) is 13.0. The first-order valence-electron chi connectivity index (χ1n) is 7.34. The second-order valence-electron chi connectivity index (χ2n) is 7.36. The van der Waals surface area contributed by atoms with Gasteiger partial charge in [0, 0.05) is 23.7 Å². The Morgan fingerprint density at radius 2 is 1.58 bits per heavy atom. The molecule has 106 valence electrons. The van der Waals surface area contributed by atoms with Crippen molar-refractivity contribution < 1.29 is 0 Å². The topological polar surface area (TPSA) is 24.1 Å². The summed E-state index contributed by atoms with van der Waals surface area (Å²) in [6.07, 6.45) is 2.37. The molecule has 1 heterocycles. The van der Waals surface area contributed by atoms with Crippen LogP contribution in [0.3, 0.4) is 0 Å². The van der Waals surface area contributed by atoms with Crippen molar-refractivity contribution in [2.24, 2.45) is 0 Å². The van der Waals surface area contributed by atoms with Crippen LogP contribution in [0.5, 0.6) is 0 Å². The summed E-state index contributed by atoms with van der Waals surface area (Å²) in [5.41, 5.74) is 3.13. The molecule has 1 aromatic carbocycles. The van der Waals surface area contributed by atoms with Gasteiger partial charge in [0.1, 0.15) is 0 Å². The zero-order valence-corrected chi connectivity index (χ0v) is 13.0. The Morgan fingerprint density at radius 3 is 2.11 bits per heavy atom. The minimum absolute atomic E-state index is 0.215. The number of nitrogens with one attached hydrogen (secondary N) is 2. The second-order valence-corrected chi connectivity index (χ2v) is 7.36. The zero-order chi connectivity index (χ0) is 14.1. The molecule has 0 atom stereocenters. The Bertz CT molecular complexity index is 401. The van der Waals surface area contributed by atoms with E-state index < -0.39 is 0 Å². The number of rotatable bonds is 3. The quantitative estimate of drug-likeness (QED) is 0.870. The first kappa shape index (κ1) is 14.5. The number of aryl methyl sites for hydroxylation is 1. The van der Waals surface area contributed by atoms with E-state index in [-0.39, 0.29) is 11.1 Å². The molecular formula is C17H28N2. The molecule has 2 N–H and O–H groups in total. The van der Waals surface area contributed by atoms with Crippen molar-refractivity contribution >= 4 is 0 Å². The predicted molar refractivity (Wildman–Crippen MR) is 82.3 cm³/mol. The summed E-state index contributed by atoms with van der Waals surface area (Å²) in [5.74, 6) is 0. The van der Waals surface area contributed by atoms with Crippen molar-refractivity contribution in [3.05, 3.63) is 35.4 Å². The van der Waals surface area contributed by atoms with Gasteiger partial charge in [-0.1, -0.05) is 29.8 Å². The van der Waals surface area contributed by atoms with Crippen molar-refractivity contribution in [1.29, 1.82) is 0 Å². The van der Waals surface area contributed by atoms with Crippen molar-refractivity contribution in [1.82, 2.24) is 10.6 Å². The van der Waals surface area contributed by atoms with Crippen LogP contribution in [0.15, 0.2) is 24.3 Å². The standard InChI is InChI=1S/C17H28N2/c1-13-6-8-14(9-7-13)12-18-15-10-16(2,3)19-17(4,5)11-15/h6-9,15,18-19H,10-12H2,1-5H3. The highest BCUT2D eigenvalue weighted by Gasteiger charge is 2.37. The van der Waals surface area contributed by atoms with E-state index in [1.807, 2.05) is 0 Å². The van der Waals surface area contributed by atoms with Gasteiger partial charge >= 0.3 is 0 Å². The Morgan fingerprint density at radius 1 is 1.05 bits per heavy atom. The SMILES string of the molecule is Cc1ccc(CNC2CC(C)(C)NC(C)(C)C2)cc1. The Hall–Kier alpha value is -0.860. The van der Waals surface area contributed by atoms with E-state index in [4.69, 9.17) is 0 Å². The summed E-state index contributed by atoms with van der Waals surface area (Å²) in [6.45, 7) is 12.3. The monoisotopic (exact) mass is 260 g/mol. The fourth-order valence-corrected chi connectivity index (χ4v) is 3.43. The van der Waals surface area contributed by atoms with E-state index in [1.165, 1.54) is 24.0 Å². The number of hydrogen-bond donors (Lipinski definition) is 2. The average Bonchev–Trinajstić information content (AvgIpc) is 2.24. The first-order valence-corrected chi connectivity index (χ1v) is 7.34. The number of hydrogen-bond acceptors (Lipinski definition) is 2. The van der Waals surface area contributed by atoms with Crippen LogP contribution in [0, 0.1) is 6.92 Å². The third-order valence-electron chi connectivity index (χ3n) is 3.91. The molecule has 2 nitrogen and oxygen atoms in total. The van der Waals surface area contributed by atoms with Gasteiger partial charge < -0.3 is 10.6 Å². The van der Waals surface area contributed by atoms with E-state index in [2.05, 4.69) is 69.5 Å². The summed E-state index contributed by atoms with van der Waals surface area (Å²) < 4.78 is 0. The molecule has 1 aliphatic heterocycles. The third kappa shape index (κ3) is 4.32. The molecule has 0 spiro atoms. The minimum Gasteiger partial charge on any atom is -0.310 e. The molecule has 0 unspecified atom stereocenters. The van der Waals surface area contributed by atoms with Gasteiger partial charge in [-0.2, -0.15) is 0 Å². The van der Waals surface area contributed by atoms with Crippen LogP contribution in [-0.4, -0.2) is 17.1 Å². The van der Waals surface area contributed by atoms with Crippen molar-refractivity contribution in [3.8, 4) is 0 Å². The summed E-state index contributed by atoms with van der Waals surface area (Å²) in [5, 5.41) is 7.46. The molecule has 0 aliphatic carbocycles. The maximum Gasteiger partial charge on any atom is 0.0208 e. The molecular weight excluding hydrogens is 232 g/mol. The molecule has 0 radical (unpaired) electrons. The molecule has 1 aromatic rings. The van der Waals surface area contributed by atoms with Crippen LogP contribution >= 0.6 is 0 Å². The normalized spacial score (nSPS) is 22.4. The molecule has 19 heavy (non-hydrogen) atoms. The van der Waals surface area contributed by atoms with Gasteiger partial charge in [-0.3, -0.25) is 0 Å². The lowest BCUT2D eigenvalue weighted by atomic mass is 9.79. The molecule has 0 amide bonds. The first-order chi connectivity index (χ1) is 8.76. The lowest BCUT2D eigenvalue weighted by molar-refractivity contribution is 0.145. The maximum absolute atomic E-state index is 3.73. The Kier molecular flexibility index (Phi) is 4.03. The third-order valence-corrected chi connectivity index (χ3v) is 3.91. The molecule has 0 bridgehead atoms. The molecule has 1 saturated heterocycles. The molecule has 2 heteroatoms. The highest BCUT2D eigenvalue weighted by atomic mass is 15.1.